The Balaban J connectivity index is 2.51. The number of rotatable bonds is 3. The molecule has 0 aliphatic carbocycles. The van der Waals surface area contributed by atoms with Crippen LogP contribution in [0.1, 0.15) is 28.5 Å². The van der Waals surface area contributed by atoms with Crippen LogP contribution in [-0.2, 0) is 7.05 Å². The molecule has 0 amide bonds. The van der Waals surface area contributed by atoms with Crippen LogP contribution in [0.5, 0.6) is 0 Å². The second-order valence-corrected chi connectivity index (χ2v) is 4.09. The number of carbonyl (C=O) groups excluding carboxylic acids is 1. The van der Waals surface area contributed by atoms with Crippen LogP contribution in [0.3, 0.4) is 0 Å². The molecule has 2 rings (SSSR count). The van der Waals surface area contributed by atoms with Crippen molar-refractivity contribution in [2.24, 2.45) is 7.05 Å². The summed E-state index contributed by atoms with van der Waals surface area (Å²) in [6, 6.07) is 11.7. The number of hydrogen-bond donors (Lipinski definition) is 0. The molecule has 0 spiro atoms. The first kappa shape index (κ1) is 11.4. The normalized spacial score (nSPS) is 10.2. The molecule has 86 valence electrons. The second-order valence-electron chi connectivity index (χ2n) is 4.09. The fourth-order valence-electron chi connectivity index (χ4n) is 1.97. The minimum absolute atomic E-state index is 0.0673. The van der Waals surface area contributed by atoms with Crippen LogP contribution in [0.15, 0.2) is 49.2 Å². The lowest BCUT2D eigenvalue weighted by Crippen LogP contribution is -2.02. The summed E-state index contributed by atoms with van der Waals surface area (Å²) in [5, 5.41) is 0. The molecule has 0 atom stereocenters. The Morgan fingerprint density at radius 2 is 1.82 bits per heavy atom. The number of aromatic nitrogens is 1. The van der Waals surface area contributed by atoms with Crippen LogP contribution in [0.4, 0.5) is 0 Å². The fourth-order valence-corrected chi connectivity index (χ4v) is 1.97. The van der Waals surface area contributed by atoms with Gasteiger partial charge in [-0.05, 0) is 24.1 Å². The van der Waals surface area contributed by atoms with Gasteiger partial charge in [0.05, 0.1) is 5.69 Å². The first-order valence-corrected chi connectivity index (χ1v) is 5.52. The number of nitrogens with zero attached hydrogens (tertiary/aromatic N) is 1. The van der Waals surface area contributed by atoms with Crippen molar-refractivity contribution in [2.45, 2.75) is 6.92 Å². The van der Waals surface area contributed by atoms with Crippen molar-refractivity contribution >= 4 is 11.4 Å². The van der Waals surface area contributed by atoms with E-state index >= 15 is 0 Å². The molecule has 0 bridgehead atoms. The van der Waals surface area contributed by atoms with Crippen molar-refractivity contribution in [1.82, 2.24) is 4.57 Å². The highest BCUT2D eigenvalue weighted by molar-refractivity contribution is 6.00. The molecule has 17 heavy (non-hydrogen) atoms. The van der Waals surface area contributed by atoms with Crippen LogP contribution in [0, 0.1) is 0 Å². The molecule has 1 heterocycles. The first-order chi connectivity index (χ1) is 8.11. The molecule has 0 N–H and O–H groups in total. The van der Waals surface area contributed by atoms with Gasteiger partial charge in [0.2, 0.25) is 0 Å². The number of hydrogen-bond acceptors (Lipinski definition) is 1. The highest BCUT2D eigenvalue weighted by atomic mass is 16.1. The van der Waals surface area contributed by atoms with Crippen LogP contribution in [0.2, 0.25) is 0 Å². The summed E-state index contributed by atoms with van der Waals surface area (Å²) in [5.74, 6) is 0.0673. The second kappa shape index (κ2) is 4.42. The number of aryl methyl sites for hydroxylation is 1. The predicted octanol–water partition coefficient (Wildman–Crippen LogP) is 3.29. The molecule has 1 aromatic heterocycles. The van der Waals surface area contributed by atoms with E-state index in [-0.39, 0.29) is 5.78 Å². The molecule has 1 aromatic carbocycles. The maximum absolute atomic E-state index is 11.6. The average Bonchev–Trinajstić information content (AvgIpc) is 2.71. The van der Waals surface area contributed by atoms with Crippen molar-refractivity contribution in [3.63, 3.8) is 0 Å². The van der Waals surface area contributed by atoms with Crippen LogP contribution >= 0.6 is 0 Å². The molecule has 0 unspecified atom stereocenters. The summed E-state index contributed by atoms with van der Waals surface area (Å²) >= 11 is 0. The topological polar surface area (TPSA) is 22.0 Å². The Kier molecular flexibility index (Phi) is 2.96. The molecule has 2 nitrogen and oxygen atoms in total. The molecule has 0 aliphatic rings. The van der Waals surface area contributed by atoms with E-state index in [0.29, 0.717) is 0 Å². The molecule has 2 aromatic rings. The molecule has 0 saturated heterocycles. The Labute approximate surface area is 101 Å². The van der Waals surface area contributed by atoms with Crippen molar-refractivity contribution < 1.29 is 4.79 Å². The van der Waals surface area contributed by atoms with E-state index in [0.717, 1.165) is 22.4 Å². The minimum atomic E-state index is 0.0673. The van der Waals surface area contributed by atoms with Crippen LogP contribution in [0.25, 0.3) is 5.57 Å². The smallest absolute Gasteiger partial charge is 0.161 e. The van der Waals surface area contributed by atoms with Gasteiger partial charge in [0, 0.05) is 18.8 Å². The third-order valence-corrected chi connectivity index (χ3v) is 2.86. The lowest BCUT2D eigenvalue weighted by Gasteiger charge is -2.09. The Bertz CT molecular complexity index is 564. The number of benzene rings is 1. The van der Waals surface area contributed by atoms with Crippen LogP contribution < -0.4 is 0 Å². The zero-order valence-electron chi connectivity index (χ0n) is 10.1. The van der Waals surface area contributed by atoms with Gasteiger partial charge in [-0.25, -0.2) is 0 Å². The van der Waals surface area contributed by atoms with Crippen molar-refractivity contribution in [2.75, 3.05) is 0 Å². The van der Waals surface area contributed by atoms with Gasteiger partial charge in [0.1, 0.15) is 0 Å². The summed E-state index contributed by atoms with van der Waals surface area (Å²) in [6.45, 7) is 5.68. The van der Waals surface area contributed by atoms with Crippen molar-refractivity contribution in [1.29, 1.82) is 0 Å². The number of Topliss-reactive ketones (excluding diaryl/α,β-unsaturated/α-hetero) is 1. The van der Waals surface area contributed by atoms with Gasteiger partial charge < -0.3 is 4.57 Å². The lowest BCUT2D eigenvalue weighted by atomic mass is 10.0. The summed E-state index contributed by atoms with van der Waals surface area (Å²) in [5.41, 5.74) is 3.53. The van der Waals surface area contributed by atoms with E-state index in [1.807, 2.05) is 54.2 Å². The standard InChI is InChI=1S/C15H15NO/c1-11(13-7-5-4-6-8-13)15-14(12(2)17)9-10-16(15)3/h4-10H,1H2,2-3H3. The molecule has 0 fully saturated rings. The van der Waals surface area contributed by atoms with Gasteiger partial charge in [-0.3, -0.25) is 4.79 Å². The summed E-state index contributed by atoms with van der Waals surface area (Å²) in [7, 11) is 1.93. The van der Waals surface area contributed by atoms with Gasteiger partial charge in [-0.2, -0.15) is 0 Å². The third-order valence-electron chi connectivity index (χ3n) is 2.86. The Hall–Kier alpha value is -2.09. The van der Waals surface area contributed by atoms with E-state index in [1.165, 1.54) is 0 Å². The van der Waals surface area contributed by atoms with E-state index < -0.39 is 0 Å². The summed E-state index contributed by atoms with van der Waals surface area (Å²) < 4.78 is 1.94. The highest BCUT2D eigenvalue weighted by Crippen LogP contribution is 2.25. The van der Waals surface area contributed by atoms with E-state index in [1.54, 1.807) is 6.92 Å². The molecular weight excluding hydrogens is 210 g/mol. The zero-order valence-corrected chi connectivity index (χ0v) is 10.1. The zero-order chi connectivity index (χ0) is 12.4. The average molecular weight is 225 g/mol. The molecule has 0 radical (unpaired) electrons. The maximum atomic E-state index is 11.6. The summed E-state index contributed by atoms with van der Waals surface area (Å²) in [4.78, 5) is 11.6. The molecule has 2 heteroatoms. The van der Waals surface area contributed by atoms with Crippen LogP contribution in [-0.4, -0.2) is 10.4 Å². The predicted molar refractivity (Wildman–Crippen MR) is 70.0 cm³/mol. The molecule has 0 aliphatic heterocycles. The van der Waals surface area contributed by atoms with Gasteiger partial charge in [0.25, 0.3) is 0 Å². The Morgan fingerprint density at radius 1 is 1.18 bits per heavy atom. The monoisotopic (exact) mass is 225 g/mol. The van der Waals surface area contributed by atoms with Crippen molar-refractivity contribution in [3.05, 3.63) is 66.0 Å². The van der Waals surface area contributed by atoms with Gasteiger partial charge in [-0.15, -0.1) is 0 Å². The summed E-state index contributed by atoms with van der Waals surface area (Å²) in [6.07, 6.45) is 1.89. The SMILES string of the molecule is C=C(c1ccccc1)c1c(C(C)=O)ccn1C. The van der Waals surface area contributed by atoms with Gasteiger partial charge >= 0.3 is 0 Å². The quantitative estimate of drug-likeness (QED) is 0.735. The van der Waals surface area contributed by atoms with E-state index in [2.05, 4.69) is 6.58 Å². The minimum Gasteiger partial charge on any atom is -0.350 e. The van der Waals surface area contributed by atoms with Gasteiger partial charge in [-0.1, -0.05) is 36.9 Å². The largest absolute Gasteiger partial charge is 0.350 e. The molecule has 0 saturated carbocycles. The number of carbonyl (C=O) groups is 1. The lowest BCUT2D eigenvalue weighted by molar-refractivity contribution is 0.101. The van der Waals surface area contributed by atoms with E-state index in [9.17, 15) is 4.79 Å². The maximum Gasteiger partial charge on any atom is 0.161 e. The van der Waals surface area contributed by atoms with E-state index in [4.69, 9.17) is 0 Å². The van der Waals surface area contributed by atoms with Gasteiger partial charge in [0.15, 0.2) is 5.78 Å². The molecular formula is C15H15NO. The highest BCUT2D eigenvalue weighted by Gasteiger charge is 2.14. The van der Waals surface area contributed by atoms with Crippen molar-refractivity contribution in [3.8, 4) is 0 Å². The Morgan fingerprint density at radius 3 is 2.41 bits per heavy atom. The number of ketones is 1. The third kappa shape index (κ3) is 2.07. The fraction of sp³-hybridized carbons (Fsp3) is 0.133. The first-order valence-electron chi connectivity index (χ1n) is 5.52.